The molecule has 1 amide bonds. The molecule has 1 aromatic heterocycles. The Morgan fingerprint density at radius 2 is 1.75 bits per heavy atom. The van der Waals surface area contributed by atoms with E-state index in [-0.39, 0.29) is 11.9 Å². The Hall–Kier alpha value is -3.14. The van der Waals surface area contributed by atoms with E-state index in [4.69, 9.17) is 0 Å². The predicted octanol–water partition coefficient (Wildman–Crippen LogP) is 5.05. The molecule has 3 rings (SSSR count). The van der Waals surface area contributed by atoms with Crippen LogP contribution in [0.3, 0.4) is 0 Å². The maximum Gasteiger partial charge on any atom is 0.273 e. The number of nitrogens with zero attached hydrogens (tertiary/aromatic N) is 2. The maximum absolute atomic E-state index is 13.1. The van der Waals surface area contributed by atoms with Gasteiger partial charge < -0.3 is 10.2 Å². The molecule has 1 N–H and O–H groups in total. The van der Waals surface area contributed by atoms with Gasteiger partial charge in [0.05, 0.1) is 0 Å². The van der Waals surface area contributed by atoms with Gasteiger partial charge in [-0.15, -0.1) is 0 Å². The highest BCUT2D eigenvalue weighted by atomic mass is 16.2. The van der Waals surface area contributed by atoms with Crippen LogP contribution in [0, 0.1) is 6.92 Å². The number of nitrogens with one attached hydrogen (secondary N) is 1. The molecule has 4 nitrogen and oxygen atoms in total. The van der Waals surface area contributed by atoms with E-state index in [1.165, 1.54) is 11.1 Å². The SMILES string of the molecule is Cc1ccccc1CNc1ccnc(C(=O)N(Cc2ccccc2)C(C)C)c1. The van der Waals surface area contributed by atoms with Gasteiger partial charge >= 0.3 is 0 Å². The molecular weight excluding hydrogens is 346 g/mol. The van der Waals surface area contributed by atoms with Gasteiger partial charge in [-0.2, -0.15) is 0 Å². The highest BCUT2D eigenvalue weighted by molar-refractivity contribution is 5.93. The lowest BCUT2D eigenvalue weighted by Gasteiger charge is -2.26. The fraction of sp³-hybridized carbons (Fsp3) is 0.250. The zero-order valence-electron chi connectivity index (χ0n) is 16.7. The van der Waals surface area contributed by atoms with Crippen molar-refractivity contribution in [3.63, 3.8) is 0 Å². The lowest BCUT2D eigenvalue weighted by Crippen LogP contribution is -2.36. The van der Waals surface area contributed by atoms with Crippen LogP contribution in [0.5, 0.6) is 0 Å². The van der Waals surface area contributed by atoms with Crippen molar-refractivity contribution in [3.8, 4) is 0 Å². The molecule has 0 spiro atoms. The Balaban J connectivity index is 1.73. The van der Waals surface area contributed by atoms with Gasteiger partial charge in [0.25, 0.3) is 5.91 Å². The van der Waals surface area contributed by atoms with Crippen molar-refractivity contribution in [2.24, 2.45) is 0 Å². The second-order valence-electron chi connectivity index (χ2n) is 7.22. The lowest BCUT2D eigenvalue weighted by molar-refractivity contribution is 0.0684. The number of aromatic nitrogens is 1. The van der Waals surface area contributed by atoms with Gasteiger partial charge in [0.1, 0.15) is 5.69 Å². The number of hydrogen-bond donors (Lipinski definition) is 1. The first kappa shape index (κ1) is 19.6. The number of hydrogen-bond acceptors (Lipinski definition) is 3. The van der Waals surface area contributed by atoms with Crippen molar-refractivity contribution in [1.82, 2.24) is 9.88 Å². The van der Waals surface area contributed by atoms with Gasteiger partial charge in [0.2, 0.25) is 0 Å². The quantitative estimate of drug-likeness (QED) is 0.630. The molecule has 3 aromatic rings. The van der Waals surface area contributed by atoms with Crippen LogP contribution < -0.4 is 5.32 Å². The second-order valence-corrected chi connectivity index (χ2v) is 7.22. The Morgan fingerprint density at radius 3 is 2.46 bits per heavy atom. The van der Waals surface area contributed by atoms with Gasteiger partial charge in [0, 0.05) is 31.0 Å². The molecule has 1 heterocycles. The van der Waals surface area contributed by atoms with Gasteiger partial charge in [-0.25, -0.2) is 0 Å². The molecule has 0 unspecified atom stereocenters. The average molecular weight is 374 g/mol. The summed E-state index contributed by atoms with van der Waals surface area (Å²) in [4.78, 5) is 19.3. The van der Waals surface area contributed by atoms with E-state index in [2.05, 4.69) is 29.4 Å². The van der Waals surface area contributed by atoms with Crippen molar-refractivity contribution < 1.29 is 4.79 Å². The molecule has 0 saturated heterocycles. The van der Waals surface area contributed by atoms with Crippen molar-refractivity contribution in [2.45, 2.75) is 39.9 Å². The van der Waals surface area contributed by atoms with E-state index in [1.807, 2.05) is 73.3 Å². The van der Waals surface area contributed by atoms with E-state index in [0.29, 0.717) is 18.8 Å². The summed E-state index contributed by atoms with van der Waals surface area (Å²) in [6, 6.07) is 22.1. The molecular formula is C24H27N3O. The largest absolute Gasteiger partial charge is 0.381 e. The first-order valence-corrected chi connectivity index (χ1v) is 9.64. The molecule has 0 saturated carbocycles. The van der Waals surface area contributed by atoms with Gasteiger partial charge in [-0.3, -0.25) is 9.78 Å². The average Bonchev–Trinajstić information content (AvgIpc) is 2.72. The molecule has 0 aliphatic carbocycles. The minimum absolute atomic E-state index is 0.0570. The monoisotopic (exact) mass is 373 g/mol. The summed E-state index contributed by atoms with van der Waals surface area (Å²) in [5, 5.41) is 3.40. The summed E-state index contributed by atoms with van der Waals surface area (Å²) < 4.78 is 0. The molecule has 28 heavy (non-hydrogen) atoms. The molecule has 0 fully saturated rings. The molecule has 0 aliphatic heterocycles. The smallest absolute Gasteiger partial charge is 0.273 e. The molecule has 144 valence electrons. The topological polar surface area (TPSA) is 45.2 Å². The van der Waals surface area contributed by atoms with Crippen LogP contribution in [0.25, 0.3) is 0 Å². The summed E-state index contributed by atoms with van der Waals surface area (Å²) in [5.41, 5.74) is 4.94. The number of carbonyl (C=O) groups is 1. The van der Waals surface area contributed by atoms with Gasteiger partial charge in [-0.1, -0.05) is 54.6 Å². The number of pyridine rings is 1. The van der Waals surface area contributed by atoms with Crippen LogP contribution in [0.2, 0.25) is 0 Å². The summed E-state index contributed by atoms with van der Waals surface area (Å²) in [6.45, 7) is 7.44. The number of aryl methyl sites for hydroxylation is 1. The van der Waals surface area contributed by atoms with Crippen molar-refractivity contribution >= 4 is 11.6 Å². The van der Waals surface area contributed by atoms with Crippen LogP contribution in [0.4, 0.5) is 5.69 Å². The molecule has 4 heteroatoms. The summed E-state index contributed by atoms with van der Waals surface area (Å²) >= 11 is 0. The van der Waals surface area contributed by atoms with Crippen molar-refractivity contribution in [1.29, 1.82) is 0 Å². The minimum atomic E-state index is -0.0570. The number of amides is 1. The molecule has 0 bridgehead atoms. The maximum atomic E-state index is 13.1. The summed E-state index contributed by atoms with van der Waals surface area (Å²) in [5.74, 6) is -0.0570. The Labute approximate surface area is 167 Å². The lowest BCUT2D eigenvalue weighted by atomic mass is 10.1. The van der Waals surface area contributed by atoms with E-state index >= 15 is 0 Å². The van der Waals surface area contributed by atoms with Gasteiger partial charge in [0.15, 0.2) is 0 Å². The van der Waals surface area contributed by atoms with Crippen LogP contribution in [0.1, 0.15) is 41.0 Å². The predicted molar refractivity (Wildman–Crippen MR) is 114 cm³/mol. The van der Waals surface area contributed by atoms with Gasteiger partial charge in [-0.05, 0) is 49.6 Å². The van der Waals surface area contributed by atoms with E-state index in [1.54, 1.807) is 6.20 Å². The first-order valence-electron chi connectivity index (χ1n) is 9.64. The van der Waals surface area contributed by atoms with Crippen LogP contribution in [0.15, 0.2) is 72.9 Å². The number of carbonyl (C=O) groups excluding carboxylic acids is 1. The standard InChI is InChI=1S/C24H27N3O/c1-18(2)27(17-20-10-5-4-6-11-20)24(28)23-15-22(13-14-25-23)26-16-21-12-8-7-9-19(21)3/h4-15,18H,16-17H2,1-3H3,(H,25,26). The number of rotatable bonds is 7. The van der Waals surface area contributed by atoms with Crippen LogP contribution in [-0.2, 0) is 13.1 Å². The highest BCUT2D eigenvalue weighted by Gasteiger charge is 2.20. The Bertz CT molecular complexity index is 922. The minimum Gasteiger partial charge on any atom is -0.381 e. The van der Waals surface area contributed by atoms with Crippen LogP contribution in [-0.4, -0.2) is 21.8 Å². The van der Waals surface area contributed by atoms with Crippen molar-refractivity contribution in [3.05, 3.63) is 95.3 Å². The van der Waals surface area contributed by atoms with E-state index < -0.39 is 0 Å². The Morgan fingerprint density at radius 1 is 1.04 bits per heavy atom. The summed E-state index contributed by atoms with van der Waals surface area (Å²) in [6.07, 6.45) is 1.69. The fourth-order valence-corrected chi connectivity index (χ4v) is 3.08. The third-order valence-electron chi connectivity index (χ3n) is 4.80. The third-order valence-corrected chi connectivity index (χ3v) is 4.80. The third kappa shape index (κ3) is 4.97. The molecule has 0 atom stereocenters. The zero-order chi connectivity index (χ0) is 19.9. The molecule has 2 aromatic carbocycles. The fourth-order valence-electron chi connectivity index (χ4n) is 3.08. The second kappa shape index (κ2) is 9.18. The number of benzene rings is 2. The Kier molecular flexibility index (Phi) is 6.43. The zero-order valence-corrected chi connectivity index (χ0v) is 16.7. The summed E-state index contributed by atoms with van der Waals surface area (Å²) in [7, 11) is 0. The van der Waals surface area contributed by atoms with E-state index in [0.717, 1.165) is 11.3 Å². The molecule has 0 aliphatic rings. The van der Waals surface area contributed by atoms with Crippen molar-refractivity contribution in [2.75, 3.05) is 5.32 Å². The number of anilines is 1. The molecule has 0 radical (unpaired) electrons. The normalized spacial score (nSPS) is 10.7. The van der Waals surface area contributed by atoms with Crippen LogP contribution >= 0.6 is 0 Å². The first-order chi connectivity index (χ1) is 13.5. The highest BCUT2D eigenvalue weighted by Crippen LogP contribution is 2.16. The van der Waals surface area contributed by atoms with E-state index in [9.17, 15) is 4.79 Å².